The molecule has 0 aliphatic rings. The molecule has 4 aromatic rings. The Morgan fingerprint density at radius 2 is 1.69 bits per heavy atom. The molecule has 0 unspecified atom stereocenters. The summed E-state index contributed by atoms with van der Waals surface area (Å²) in [5.74, 6) is 0.867. The molecule has 2 heterocycles. The standard InChI is InChI=1S/C22H17Cl2N5O2S/c1-13-27-28-19(12-25-22(31)26-18-9-5-4-8-17(18)24)29(13)21-15(10-11-32-21)20(30)14-6-2-3-7-16(14)23/h2-11H,12H2,1H3,(H2,25,26,31). The van der Waals surface area contributed by atoms with E-state index >= 15 is 0 Å². The van der Waals surface area contributed by atoms with Gasteiger partial charge in [-0.05, 0) is 42.6 Å². The van der Waals surface area contributed by atoms with Crippen molar-refractivity contribution in [2.75, 3.05) is 5.32 Å². The van der Waals surface area contributed by atoms with Gasteiger partial charge >= 0.3 is 6.03 Å². The van der Waals surface area contributed by atoms with Crippen LogP contribution in [0.25, 0.3) is 5.00 Å². The third-order valence-corrected chi connectivity index (χ3v) is 6.19. The van der Waals surface area contributed by atoms with E-state index in [1.807, 2.05) is 5.38 Å². The average molecular weight is 486 g/mol. The molecule has 2 aromatic heterocycles. The van der Waals surface area contributed by atoms with Crippen LogP contribution in [0.15, 0.2) is 60.0 Å². The first-order valence-corrected chi connectivity index (χ1v) is 11.2. The first-order chi connectivity index (χ1) is 15.5. The number of hydrogen-bond acceptors (Lipinski definition) is 5. The van der Waals surface area contributed by atoms with E-state index in [0.717, 1.165) is 0 Å². The summed E-state index contributed by atoms with van der Waals surface area (Å²) in [6.07, 6.45) is 0. The van der Waals surface area contributed by atoms with E-state index in [-0.39, 0.29) is 12.3 Å². The van der Waals surface area contributed by atoms with E-state index in [4.69, 9.17) is 23.2 Å². The Balaban J connectivity index is 1.56. The third-order valence-electron chi connectivity index (χ3n) is 4.63. The summed E-state index contributed by atoms with van der Waals surface area (Å²) in [6.45, 7) is 1.87. The minimum atomic E-state index is -0.441. The number of carbonyl (C=O) groups is 2. The number of hydrogen-bond donors (Lipinski definition) is 2. The summed E-state index contributed by atoms with van der Waals surface area (Å²) in [5.41, 5.74) is 1.39. The fourth-order valence-electron chi connectivity index (χ4n) is 3.11. The van der Waals surface area contributed by atoms with Gasteiger partial charge in [-0.2, -0.15) is 0 Å². The highest BCUT2D eigenvalue weighted by Gasteiger charge is 2.22. The average Bonchev–Trinajstić information content (AvgIpc) is 3.40. The minimum Gasteiger partial charge on any atom is -0.331 e. The zero-order chi connectivity index (χ0) is 22.7. The Labute approximate surface area is 198 Å². The quantitative estimate of drug-likeness (QED) is 0.353. The van der Waals surface area contributed by atoms with E-state index in [2.05, 4.69) is 20.8 Å². The van der Waals surface area contributed by atoms with Crippen LogP contribution < -0.4 is 10.6 Å². The number of urea groups is 1. The number of halogens is 2. The number of amides is 2. The molecular formula is C22H17Cl2N5O2S. The number of rotatable bonds is 6. The van der Waals surface area contributed by atoms with E-state index in [9.17, 15) is 9.59 Å². The van der Waals surface area contributed by atoms with Crippen LogP contribution in [0, 0.1) is 6.92 Å². The molecule has 0 aliphatic carbocycles. The third kappa shape index (κ3) is 4.52. The van der Waals surface area contributed by atoms with Gasteiger partial charge in [-0.15, -0.1) is 21.5 Å². The Bertz CT molecular complexity index is 1300. The normalized spacial score (nSPS) is 10.7. The second-order valence-electron chi connectivity index (χ2n) is 6.73. The number of para-hydroxylation sites is 1. The van der Waals surface area contributed by atoms with Gasteiger partial charge < -0.3 is 10.6 Å². The second kappa shape index (κ2) is 9.52. The second-order valence-corrected chi connectivity index (χ2v) is 8.44. The van der Waals surface area contributed by atoms with Gasteiger partial charge in [0.1, 0.15) is 10.8 Å². The molecule has 32 heavy (non-hydrogen) atoms. The lowest BCUT2D eigenvalue weighted by molar-refractivity contribution is 0.103. The van der Waals surface area contributed by atoms with E-state index in [1.54, 1.807) is 66.1 Å². The molecule has 0 aliphatic heterocycles. The van der Waals surface area contributed by atoms with Gasteiger partial charge in [0.05, 0.1) is 27.8 Å². The lowest BCUT2D eigenvalue weighted by Crippen LogP contribution is -2.29. The van der Waals surface area contributed by atoms with Crippen LogP contribution in [-0.2, 0) is 6.54 Å². The van der Waals surface area contributed by atoms with Crippen molar-refractivity contribution in [3.63, 3.8) is 0 Å². The van der Waals surface area contributed by atoms with Crippen molar-refractivity contribution in [2.24, 2.45) is 0 Å². The van der Waals surface area contributed by atoms with Crippen LogP contribution in [0.4, 0.5) is 10.5 Å². The maximum atomic E-state index is 13.1. The highest BCUT2D eigenvalue weighted by atomic mass is 35.5. The number of aryl methyl sites for hydroxylation is 1. The van der Waals surface area contributed by atoms with Gasteiger partial charge in [0.15, 0.2) is 11.6 Å². The van der Waals surface area contributed by atoms with Crippen LogP contribution in [0.1, 0.15) is 27.6 Å². The minimum absolute atomic E-state index is 0.0920. The molecule has 162 valence electrons. The number of thiophene rings is 1. The summed E-state index contributed by atoms with van der Waals surface area (Å²) in [5, 5.41) is 17.0. The first-order valence-electron chi connectivity index (χ1n) is 9.53. The topological polar surface area (TPSA) is 88.9 Å². The maximum Gasteiger partial charge on any atom is 0.319 e. The Morgan fingerprint density at radius 3 is 2.44 bits per heavy atom. The van der Waals surface area contributed by atoms with E-state index < -0.39 is 6.03 Å². The molecule has 0 bridgehead atoms. The van der Waals surface area contributed by atoms with Gasteiger partial charge in [-0.3, -0.25) is 9.36 Å². The van der Waals surface area contributed by atoms with Crippen molar-refractivity contribution in [3.8, 4) is 5.00 Å². The van der Waals surface area contributed by atoms with Crippen LogP contribution in [0.3, 0.4) is 0 Å². The summed E-state index contributed by atoms with van der Waals surface area (Å²) in [6, 6.07) is 15.1. The van der Waals surface area contributed by atoms with Crippen molar-refractivity contribution in [2.45, 2.75) is 13.5 Å². The van der Waals surface area contributed by atoms with Gasteiger partial charge in [0, 0.05) is 5.56 Å². The first kappa shape index (κ1) is 22.0. The molecular weight excluding hydrogens is 469 g/mol. The molecule has 4 rings (SSSR count). The molecule has 10 heteroatoms. The number of anilines is 1. The molecule has 0 fully saturated rings. The lowest BCUT2D eigenvalue weighted by Gasteiger charge is -2.11. The van der Waals surface area contributed by atoms with Crippen molar-refractivity contribution in [1.82, 2.24) is 20.1 Å². The fraction of sp³-hybridized carbons (Fsp3) is 0.0909. The zero-order valence-electron chi connectivity index (χ0n) is 16.8. The van der Waals surface area contributed by atoms with E-state index in [1.165, 1.54) is 11.3 Å². The number of nitrogens with one attached hydrogen (secondary N) is 2. The van der Waals surface area contributed by atoms with Crippen LogP contribution >= 0.6 is 34.5 Å². The number of carbonyl (C=O) groups excluding carboxylic acids is 2. The van der Waals surface area contributed by atoms with Crippen LogP contribution in [0.2, 0.25) is 10.0 Å². The smallest absolute Gasteiger partial charge is 0.319 e. The molecule has 0 atom stereocenters. The summed E-state index contributed by atoms with van der Waals surface area (Å²) in [4.78, 5) is 25.5. The molecule has 0 spiro atoms. The summed E-state index contributed by atoms with van der Waals surface area (Å²) in [7, 11) is 0. The summed E-state index contributed by atoms with van der Waals surface area (Å²) < 4.78 is 1.75. The number of ketones is 1. The van der Waals surface area contributed by atoms with Gasteiger partial charge in [-0.25, -0.2) is 4.79 Å². The van der Waals surface area contributed by atoms with Crippen molar-refractivity contribution in [1.29, 1.82) is 0 Å². The Morgan fingerprint density at radius 1 is 0.969 bits per heavy atom. The van der Waals surface area contributed by atoms with Crippen LogP contribution in [0.5, 0.6) is 0 Å². The van der Waals surface area contributed by atoms with Crippen molar-refractivity contribution >= 4 is 52.0 Å². The predicted octanol–water partition coefficient (Wildman–Crippen LogP) is 5.50. The lowest BCUT2D eigenvalue weighted by atomic mass is 10.1. The zero-order valence-corrected chi connectivity index (χ0v) is 19.1. The number of aromatic nitrogens is 3. The molecule has 2 amide bonds. The van der Waals surface area contributed by atoms with Crippen LogP contribution in [-0.4, -0.2) is 26.6 Å². The van der Waals surface area contributed by atoms with Crippen molar-refractivity contribution in [3.05, 3.63) is 92.8 Å². The Kier molecular flexibility index (Phi) is 6.55. The van der Waals surface area contributed by atoms with E-state index in [0.29, 0.717) is 43.5 Å². The molecule has 2 N–H and O–H groups in total. The molecule has 0 saturated heterocycles. The molecule has 0 saturated carbocycles. The van der Waals surface area contributed by atoms with Gasteiger partial charge in [-0.1, -0.05) is 47.5 Å². The fourth-order valence-corrected chi connectivity index (χ4v) is 4.48. The highest BCUT2D eigenvalue weighted by molar-refractivity contribution is 7.13. The van der Waals surface area contributed by atoms with Gasteiger partial charge in [0.25, 0.3) is 0 Å². The summed E-state index contributed by atoms with van der Waals surface area (Å²) >= 11 is 13.7. The largest absolute Gasteiger partial charge is 0.331 e. The molecule has 0 radical (unpaired) electrons. The maximum absolute atomic E-state index is 13.1. The molecule has 7 nitrogen and oxygen atoms in total. The Hall–Kier alpha value is -3.20. The molecule has 2 aromatic carbocycles. The number of benzene rings is 2. The monoisotopic (exact) mass is 485 g/mol. The number of nitrogens with zero attached hydrogens (tertiary/aromatic N) is 3. The van der Waals surface area contributed by atoms with Gasteiger partial charge in [0.2, 0.25) is 0 Å². The van der Waals surface area contributed by atoms with Crippen molar-refractivity contribution < 1.29 is 9.59 Å². The predicted molar refractivity (Wildman–Crippen MR) is 126 cm³/mol. The highest BCUT2D eigenvalue weighted by Crippen LogP contribution is 2.28. The SMILES string of the molecule is Cc1nnc(CNC(=O)Nc2ccccc2Cl)n1-c1sccc1C(=O)c1ccccc1Cl.